The molecule has 0 unspecified atom stereocenters. The van der Waals surface area contributed by atoms with Crippen LogP contribution in [0.3, 0.4) is 0 Å². The monoisotopic (exact) mass is 329 g/mol. The third-order valence-electron chi connectivity index (χ3n) is 3.59. The van der Waals surface area contributed by atoms with Crippen LogP contribution in [0.25, 0.3) is 0 Å². The lowest BCUT2D eigenvalue weighted by molar-refractivity contribution is 0.0827. The molecule has 128 valence electrons. The Balaban J connectivity index is 2.08. The number of rotatable bonds is 4. The maximum absolute atomic E-state index is 12.1. The lowest BCUT2D eigenvalue weighted by Crippen LogP contribution is -2.23. The van der Waals surface area contributed by atoms with Crippen molar-refractivity contribution in [1.29, 1.82) is 0 Å². The number of nitrogens with one attached hydrogen (secondary N) is 3. The topological polar surface area (TPSA) is 90.1 Å². The van der Waals surface area contributed by atoms with Crippen molar-refractivity contribution >= 4 is 23.4 Å². The Labute approximate surface area is 141 Å². The van der Waals surface area contributed by atoms with Gasteiger partial charge in [-0.05, 0) is 30.5 Å². The summed E-state index contributed by atoms with van der Waals surface area (Å²) in [6.45, 7) is 5.93. The Hall–Kier alpha value is -2.83. The van der Waals surface area contributed by atoms with E-state index in [0.717, 1.165) is 11.3 Å². The Morgan fingerprint density at radius 3 is 2.46 bits per heavy atom. The first-order valence-corrected chi connectivity index (χ1v) is 7.73. The fraction of sp³-hybridized carbons (Fsp3) is 0.353. The molecule has 2 aromatic rings. The van der Waals surface area contributed by atoms with Crippen LogP contribution in [-0.4, -0.2) is 41.1 Å². The number of H-pyrrole nitrogens is 1. The summed E-state index contributed by atoms with van der Waals surface area (Å²) in [5, 5.41) is 12.3. The third-order valence-corrected chi connectivity index (χ3v) is 3.59. The van der Waals surface area contributed by atoms with Gasteiger partial charge in [-0.3, -0.25) is 15.2 Å². The van der Waals surface area contributed by atoms with Gasteiger partial charge < -0.3 is 10.2 Å². The largest absolute Gasteiger partial charge is 0.345 e. The number of aromatic nitrogens is 2. The molecule has 1 heterocycles. The van der Waals surface area contributed by atoms with Crippen molar-refractivity contribution in [2.45, 2.75) is 26.7 Å². The first-order valence-electron chi connectivity index (χ1n) is 7.73. The van der Waals surface area contributed by atoms with Gasteiger partial charge in [0, 0.05) is 37.1 Å². The number of carbonyl (C=O) groups excluding carboxylic acids is 2. The van der Waals surface area contributed by atoms with Crippen molar-refractivity contribution in [3.05, 3.63) is 41.1 Å². The number of benzene rings is 1. The van der Waals surface area contributed by atoms with Crippen LogP contribution in [0.5, 0.6) is 0 Å². The van der Waals surface area contributed by atoms with Gasteiger partial charge in [-0.15, -0.1) is 0 Å². The zero-order valence-corrected chi connectivity index (χ0v) is 14.6. The fourth-order valence-corrected chi connectivity index (χ4v) is 2.15. The average Bonchev–Trinajstić information content (AvgIpc) is 2.97. The van der Waals surface area contributed by atoms with Crippen molar-refractivity contribution in [3.8, 4) is 0 Å². The number of anilines is 2. The Bertz CT molecular complexity index is 749. The molecule has 7 nitrogen and oxygen atoms in total. The van der Waals surface area contributed by atoms with Gasteiger partial charge >= 0.3 is 6.03 Å². The van der Waals surface area contributed by atoms with Crippen LogP contribution in [0.4, 0.5) is 16.3 Å². The molecule has 0 aliphatic carbocycles. The van der Waals surface area contributed by atoms with Crippen molar-refractivity contribution in [3.63, 3.8) is 0 Å². The van der Waals surface area contributed by atoms with Gasteiger partial charge in [0.05, 0.1) is 0 Å². The number of urea groups is 1. The minimum Gasteiger partial charge on any atom is -0.345 e. The molecule has 0 radical (unpaired) electrons. The predicted molar refractivity (Wildman–Crippen MR) is 94.5 cm³/mol. The lowest BCUT2D eigenvalue weighted by Gasteiger charge is -2.14. The summed E-state index contributed by atoms with van der Waals surface area (Å²) >= 11 is 0. The molecule has 0 spiro atoms. The first kappa shape index (κ1) is 17.5. The van der Waals surface area contributed by atoms with Crippen LogP contribution in [0.2, 0.25) is 0 Å². The SMILES string of the molecule is Cc1ccc(NC(=O)Nc2cc(C(C)C)[nH]n2)cc1C(=O)N(C)C. The lowest BCUT2D eigenvalue weighted by atomic mass is 10.1. The standard InChI is InChI=1S/C17H23N5O2/c1-10(2)14-9-15(21-20-14)19-17(24)18-12-7-6-11(3)13(8-12)16(23)22(4)5/h6-10H,1-5H3,(H3,18,19,20,21,24). The number of nitrogens with zero attached hydrogens (tertiary/aromatic N) is 2. The van der Waals surface area contributed by atoms with Gasteiger partial charge in [0.1, 0.15) is 0 Å². The minimum absolute atomic E-state index is 0.106. The van der Waals surface area contributed by atoms with Crippen LogP contribution in [-0.2, 0) is 0 Å². The molecule has 1 aromatic carbocycles. The number of amides is 3. The van der Waals surface area contributed by atoms with Crippen molar-refractivity contribution in [1.82, 2.24) is 15.1 Å². The Kier molecular flexibility index (Phi) is 5.23. The number of carbonyl (C=O) groups is 2. The van der Waals surface area contributed by atoms with E-state index in [-0.39, 0.29) is 5.91 Å². The van der Waals surface area contributed by atoms with E-state index >= 15 is 0 Å². The molecule has 3 amide bonds. The van der Waals surface area contributed by atoms with Gasteiger partial charge in [0.2, 0.25) is 0 Å². The second-order valence-corrected chi connectivity index (χ2v) is 6.17. The molecular weight excluding hydrogens is 306 g/mol. The van der Waals surface area contributed by atoms with Crippen LogP contribution in [0, 0.1) is 6.92 Å². The van der Waals surface area contributed by atoms with Crippen LogP contribution >= 0.6 is 0 Å². The van der Waals surface area contributed by atoms with E-state index in [2.05, 4.69) is 20.8 Å². The predicted octanol–water partition coefficient (Wildman–Crippen LogP) is 3.19. The highest BCUT2D eigenvalue weighted by Crippen LogP contribution is 2.18. The van der Waals surface area contributed by atoms with E-state index in [1.165, 1.54) is 4.90 Å². The first-order chi connectivity index (χ1) is 11.3. The summed E-state index contributed by atoms with van der Waals surface area (Å²) < 4.78 is 0. The number of aryl methyl sites for hydroxylation is 1. The summed E-state index contributed by atoms with van der Waals surface area (Å²) in [6, 6.07) is 6.61. The highest BCUT2D eigenvalue weighted by atomic mass is 16.2. The molecule has 0 saturated carbocycles. The smallest absolute Gasteiger partial charge is 0.324 e. The van der Waals surface area contributed by atoms with Gasteiger partial charge in [0.25, 0.3) is 5.91 Å². The molecule has 3 N–H and O–H groups in total. The maximum Gasteiger partial charge on any atom is 0.324 e. The van der Waals surface area contributed by atoms with E-state index in [4.69, 9.17) is 0 Å². The Morgan fingerprint density at radius 1 is 1.17 bits per heavy atom. The molecule has 0 aliphatic rings. The number of hydrogen-bond donors (Lipinski definition) is 3. The van der Waals surface area contributed by atoms with Crippen molar-refractivity contribution < 1.29 is 9.59 Å². The minimum atomic E-state index is -0.413. The van der Waals surface area contributed by atoms with E-state index in [1.807, 2.05) is 20.8 Å². The molecule has 0 bridgehead atoms. The van der Waals surface area contributed by atoms with Gasteiger partial charge in [-0.25, -0.2) is 4.79 Å². The van der Waals surface area contributed by atoms with Gasteiger partial charge in [-0.1, -0.05) is 19.9 Å². The van der Waals surface area contributed by atoms with Gasteiger partial charge in [-0.2, -0.15) is 5.10 Å². The zero-order chi connectivity index (χ0) is 17.9. The second-order valence-electron chi connectivity index (χ2n) is 6.17. The maximum atomic E-state index is 12.1. The molecule has 0 atom stereocenters. The summed E-state index contributed by atoms with van der Waals surface area (Å²) in [5.41, 5.74) is 2.90. The second kappa shape index (κ2) is 7.16. The van der Waals surface area contributed by atoms with Crippen molar-refractivity contribution in [2.24, 2.45) is 0 Å². The Morgan fingerprint density at radius 2 is 1.88 bits per heavy atom. The summed E-state index contributed by atoms with van der Waals surface area (Å²) in [5.74, 6) is 0.645. The highest BCUT2D eigenvalue weighted by Gasteiger charge is 2.13. The quantitative estimate of drug-likeness (QED) is 0.804. The fourth-order valence-electron chi connectivity index (χ4n) is 2.15. The summed E-state index contributed by atoms with van der Waals surface area (Å²) in [6.07, 6.45) is 0. The highest BCUT2D eigenvalue weighted by molar-refractivity contribution is 6.01. The summed E-state index contributed by atoms with van der Waals surface area (Å²) in [7, 11) is 3.39. The molecule has 2 rings (SSSR count). The van der Waals surface area contributed by atoms with E-state index in [9.17, 15) is 9.59 Å². The zero-order valence-electron chi connectivity index (χ0n) is 14.6. The molecule has 0 aliphatic heterocycles. The molecular formula is C17H23N5O2. The van der Waals surface area contributed by atoms with E-state index in [1.54, 1.807) is 38.4 Å². The van der Waals surface area contributed by atoms with Crippen molar-refractivity contribution in [2.75, 3.05) is 24.7 Å². The molecule has 7 heteroatoms. The average molecular weight is 329 g/mol. The number of hydrogen-bond acceptors (Lipinski definition) is 3. The van der Waals surface area contributed by atoms with Gasteiger partial charge in [0.15, 0.2) is 5.82 Å². The van der Waals surface area contributed by atoms with Crippen LogP contribution in [0.15, 0.2) is 24.3 Å². The molecule has 1 aromatic heterocycles. The van der Waals surface area contributed by atoms with E-state index in [0.29, 0.717) is 23.0 Å². The third kappa shape index (κ3) is 4.13. The molecule has 0 fully saturated rings. The molecule has 0 saturated heterocycles. The van der Waals surface area contributed by atoms with Crippen LogP contribution < -0.4 is 10.6 Å². The van der Waals surface area contributed by atoms with E-state index < -0.39 is 6.03 Å². The summed E-state index contributed by atoms with van der Waals surface area (Å²) in [4.78, 5) is 25.7. The molecule has 24 heavy (non-hydrogen) atoms. The normalized spacial score (nSPS) is 10.6. The van der Waals surface area contributed by atoms with Crippen LogP contribution in [0.1, 0.15) is 41.4 Å². The number of aromatic amines is 1.